The lowest BCUT2D eigenvalue weighted by Gasteiger charge is -2.34. The first-order valence-electron chi connectivity index (χ1n) is 9.36. The Morgan fingerprint density at radius 1 is 1.11 bits per heavy atom. The molecular weight excluding hydrogens is 379 g/mol. The molecule has 3 rings (SSSR count). The van der Waals surface area contributed by atoms with E-state index in [4.69, 9.17) is 5.14 Å². The summed E-state index contributed by atoms with van der Waals surface area (Å²) < 4.78 is 62.5. The summed E-state index contributed by atoms with van der Waals surface area (Å²) in [6, 6.07) is 3.19. The SMILES string of the molecule is NS(=O)(=O)c1ccc(NC2CCN(CC3CCCC3)CC2)cc1C(F)(F)F. The van der Waals surface area contributed by atoms with Crippen molar-refractivity contribution in [2.24, 2.45) is 11.1 Å². The molecule has 9 heteroatoms. The van der Waals surface area contributed by atoms with Crippen molar-refractivity contribution in [2.75, 3.05) is 25.0 Å². The van der Waals surface area contributed by atoms with Gasteiger partial charge in [0, 0.05) is 31.4 Å². The number of halogens is 3. The smallest absolute Gasteiger partial charge is 0.382 e. The molecule has 1 aromatic carbocycles. The largest absolute Gasteiger partial charge is 0.417 e. The normalized spacial score (nSPS) is 20.9. The predicted molar refractivity (Wildman–Crippen MR) is 97.9 cm³/mol. The minimum absolute atomic E-state index is 0.0752. The molecule has 0 unspecified atom stereocenters. The van der Waals surface area contributed by atoms with Gasteiger partial charge in [0.25, 0.3) is 0 Å². The van der Waals surface area contributed by atoms with E-state index >= 15 is 0 Å². The van der Waals surface area contributed by atoms with Crippen molar-refractivity contribution < 1.29 is 21.6 Å². The summed E-state index contributed by atoms with van der Waals surface area (Å²) in [5.41, 5.74) is -0.961. The van der Waals surface area contributed by atoms with Gasteiger partial charge in [-0.05, 0) is 49.8 Å². The maximum absolute atomic E-state index is 13.2. The Bertz CT molecular complexity index is 754. The van der Waals surface area contributed by atoms with Crippen molar-refractivity contribution >= 4 is 15.7 Å². The van der Waals surface area contributed by atoms with E-state index in [1.165, 1.54) is 31.7 Å². The van der Waals surface area contributed by atoms with Crippen molar-refractivity contribution in [1.82, 2.24) is 4.90 Å². The zero-order valence-corrected chi connectivity index (χ0v) is 16.0. The Kier molecular flexibility index (Phi) is 6.02. The van der Waals surface area contributed by atoms with Gasteiger partial charge in [-0.2, -0.15) is 13.2 Å². The highest BCUT2D eigenvalue weighted by molar-refractivity contribution is 7.89. The van der Waals surface area contributed by atoms with E-state index in [0.717, 1.165) is 50.5 Å². The molecule has 2 aliphatic rings. The molecule has 0 atom stereocenters. The van der Waals surface area contributed by atoms with Crippen LogP contribution in [0.4, 0.5) is 18.9 Å². The number of benzene rings is 1. The van der Waals surface area contributed by atoms with Gasteiger partial charge in [0.1, 0.15) is 0 Å². The van der Waals surface area contributed by atoms with Gasteiger partial charge < -0.3 is 10.2 Å². The lowest BCUT2D eigenvalue weighted by atomic mass is 10.0. The summed E-state index contributed by atoms with van der Waals surface area (Å²) in [6.07, 6.45) is 2.15. The molecule has 1 aromatic rings. The van der Waals surface area contributed by atoms with E-state index < -0.39 is 26.7 Å². The summed E-state index contributed by atoms with van der Waals surface area (Å²) in [7, 11) is -4.44. The fourth-order valence-corrected chi connectivity index (χ4v) is 4.88. The number of nitrogens with two attached hydrogens (primary N) is 1. The first-order valence-corrected chi connectivity index (χ1v) is 10.9. The first kappa shape index (κ1) is 20.4. The average molecular weight is 405 g/mol. The summed E-state index contributed by atoms with van der Waals surface area (Å²) in [5, 5.41) is 8.04. The van der Waals surface area contributed by atoms with Gasteiger partial charge in [-0.15, -0.1) is 0 Å². The topological polar surface area (TPSA) is 75.4 Å². The Balaban J connectivity index is 1.63. The maximum Gasteiger partial charge on any atom is 0.417 e. The van der Waals surface area contributed by atoms with Crippen LogP contribution in [0.2, 0.25) is 0 Å². The molecule has 0 spiro atoms. The number of nitrogens with zero attached hydrogens (tertiary/aromatic N) is 1. The van der Waals surface area contributed by atoms with Crippen molar-refractivity contribution in [1.29, 1.82) is 0 Å². The monoisotopic (exact) mass is 405 g/mol. The van der Waals surface area contributed by atoms with Crippen LogP contribution in [0.25, 0.3) is 0 Å². The average Bonchev–Trinajstić information content (AvgIpc) is 3.08. The van der Waals surface area contributed by atoms with Crippen LogP contribution in [0.1, 0.15) is 44.1 Å². The molecule has 1 heterocycles. The van der Waals surface area contributed by atoms with Gasteiger partial charge in [0.05, 0.1) is 10.5 Å². The molecule has 1 aliphatic carbocycles. The van der Waals surface area contributed by atoms with Crippen molar-refractivity contribution in [3.63, 3.8) is 0 Å². The molecule has 0 bridgehead atoms. The number of hydrogen-bond acceptors (Lipinski definition) is 4. The van der Waals surface area contributed by atoms with Gasteiger partial charge in [-0.1, -0.05) is 12.8 Å². The zero-order valence-electron chi connectivity index (χ0n) is 15.1. The quantitative estimate of drug-likeness (QED) is 0.787. The number of likely N-dealkylation sites (tertiary alicyclic amines) is 1. The Labute approximate surface area is 158 Å². The lowest BCUT2D eigenvalue weighted by molar-refractivity contribution is -0.139. The van der Waals surface area contributed by atoms with E-state index in [1.54, 1.807) is 0 Å². The molecule has 0 aromatic heterocycles. The third-order valence-electron chi connectivity index (χ3n) is 5.54. The number of sulfonamides is 1. The van der Waals surface area contributed by atoms with Crippen LogP contribution >= 0.6 is 0 Å². The summed E-state index contributed by atoms with van der Waals surface area (Å²) >= 11 is 0. The number of alkyl halides is 3. The molecule has 1 saturated carbocycles. The van der Waals surface area contributed by atoms with Crippen molar-refractivity contribution in [3.05, 3.63) is 23.8 Å². The number of hydrogen-bond donors (Lipinski definition) is 2. The molecule has 1 aliphatic heterocycles. The highest BCUT2D eigenvalue weighted by Crippen LogP contribution is 2.36. The molecule has 0 radical (unpaired) electrons. The van der Waals surface area contributed by atoms with Crippen LogP contribution in [-0.2, 0) is 16.2 Å². The number of anilines is 1. The fourth-order valence-electron chi connectivity index (χ4n) is 4.14. The van der Waals surface area contributed by atoms with E-state index in [1.807, 2.05) is 0 Å². The van der Waals surface area contributed by atoms with Crippen LogP contribution in [0, 0.1) is 5.92 Å². The number of rotatable bonds is 5. The maximum atomic E-state index is 13.2. The van der Waals surface area contributed by atoms with Crippen LogP contribution in [0.15, 0.2) is 23.1 Å². The second-order valence-corrected chi connectivity index (χ2v) is 9.15. The molecule has 2 fully saturated rings. The van der Waals surface area contributed by atoms with Crippen LogP contribution in [0.3, 0.4) is 0 Å². The Hall–Kier alpha value is -1.32. The van der Waals surface area contributed by atoms with E-state index in [0.29, 0.717) is 0 Å². The van der Waals surface area contributed by atoms with E-state index in [9.17, 15) is 21.6 Å². The lowest BCUT2D eigenvalue weighted by Crippen LogP contribution is -2.41. The second kappa shape index (κ2) is 7.97. The third-order valence-corrected chi connectivity index (χ3v) is 6.51. The molecular formula is C18H26F3N3O2S. The number of piperidine rings is 1. The molecule has 152 valence electrons. The van der Waals surface area contributed by atoms with Gasteiger partial charge in [0.15, 0.2) is 0 Å². The Morgan fingerprint density at radius 3 is 2.30 bits per heavy atom. The predicted octanol–water partition coefficient (Wildman–Crippen LogP) is 3.42. The summed E-state index contributed by atoms with van der Waals surface area (Å²) in [5.74, 6) is 0.787. The van der Waals surface area contributed by atoms with Gasteiger partial charge in [0.2, 0.25) is 10.0 Å². The first-order chi connectivity index (χ1) is 12.6. The van der Waals surface area contributed by atoms with Crippen LogP contribution < -0.4 is 10.5 Å². The van der Waals surface area contributed by atoms with Crippen molar-refractivity contribution in [2.45, 2.75) is 55.6 Å². The van der Waals surface area contributed by atoms with Crippen LogP contribution in [0.5, 0.6) is 0 Å². The number of primary sulfonamides is 1. The van der Waals surface area contributed by atoms with Crippen LogP contribution in [-0.4, -0.2) is 39.0 Å². The number of nitrogens with one attached hydrogen (secondary N) is 1. The van der Waals surface area contributed by atoms with Gasteiger partial charge in [-0.25, -0.2) is 13.6 Å². The molecule has 1 saturated heterocycles. The third kappa shape index (κ3) is 5.36. The molecule has 27 heavy (non-hydrogen) atoms. The minimum atomic E-state index is -4.79. The summed E-state index contributed by atoms with van der Waals surface area (Å²) in [6.45, 7) is 2.97. The Morgan fingerprint density at radius 2 is 1.74 bits per heavy atom. The minimum Gasteiger partial charge on any atom is -0.382 e. The van der Waals surface area contributed by atoms with E-state index in [-0.39, 0.29) is 11.7 Å². The zero-order chi connectivity index (χ0) is 19.7. The highest BCUT2D eigenvalue weighted by atomic mass is 32.2. The fraction of sp³-hybridized carbons (Fsp3) is 0.667. The van der Waals surface area contributed by atoms with Gasteiger partial charge in [-0.3, -0.25) is 0 Å². The van der Waals surface area contributed by atoms with Gasteiger partial charge >= 0.3 is 6.18 Å². The van der Waals surface area contributed by atoms with Crippen molar-refractivity contribution in [3.8, 4) is 0 Å². The highest BCUT2D eigenvalue weighted by Gasteiger charge is 2.37. The summed E-state index contributed by atoms with van der Waals surface area (Å²) in [4.78, 5) is 1.55. The van der Waals surface area contributed by atoms with E-state index in [2.05, 4.69) is 10.2 Å². The molecule has 5 nitrogen and oxygen atoms in total. The molecule has 0 amide bonds. The molecule has 3 N–H and O–H groups in total. The second-order valence-electron chi connectivity index (χ2n) is 7.62. The standard InChI is InChI=1S/C18H26F3N3O2S/c19-18(20,21)16-11-15(5-6-17(16)27(22,25)26)23-14-7-9-24(10-8-14)12-13-3-1-2-4-13/h5-6,11,13-14,23H,1-4,7-10,12H2,(H2,22,25,26).